The Morgan fingerprint density at radius 3 is 2.64 bits per heavy atom. The zero-order chi connectivity index (χ0) is 10.6. The van der Waals surface area contributed by atoms with Gasteiger partial charge in [0.15, 0.2) is 0 Å². The Morgan fingerprint density at radius 2 is 2.14 bits per heavy atom. The van der Waals surface area contributed by atoms with Gasteiger partial charge in [-0.1, -0.05) is 40.9 Å². The van der Waals surface area contributed by atoms with E-state index in [9.17, 15) is 4.79 Å². The Kier molecular flexibility index (Phi) is 3.98. The Morgan fingerprint density at radius 1 is 1.43 bits per heavy atom. The minimum atomic E-state index is -1.48. The summed E-state index contributed by atoms with van der Waals surface area (Å²) in [5, 5.41) is 2.44. The van der Waals surface area contributed by atoms with Gasteiger partial charge in [-0.2, -0.15) is 0 Å². The molecule has 0 bridgehead atoms. The highest BCUT2D eigenvalue weighted by molar-refractivity contribution is 6.67. The summed E-state index contributed by atoms with van der Waals surface area (Å²) in [6, 6.07) is 5.00. The first-order valence-corrected chi connectivity index (χ1v) is 4.88. The molecule has 0 spiro atoms. The fraction of sp³-hybridized carbons (Fsp3) is 0.250. The number of amides is 1. The van der Waals surface area contributed by atoms with Gasteiger partial charge in [0.1, 0.15) is 5.69 Å². The number of hydrogen-bond acceptors (Lipinski definition) is 2. The summed E-state index contributed by atoms with van der Waals surface area (Å²) < 4.78 is -1.48. The van der Waals surface area contributed by atoms with E-state index >= 15 is 0 Å². The van der Waals surface area contributed by atoms with E-state index in [0.717, 1.165) is 0 Å². The van der Waals surface area contributed by atoms with Crippen molar-refractivity contribution in [3.63, 3.8) is 0 Å². The van der Waals surface area contributed by atoms with Crippen LogP contribution in [-0.4, -0.2) is 21.2 Å². The van der Waals surface area contributed by atoms with Crippen molar-refractivity contribution in [2.75, 3.05) is 6.54 Å². The van der Waals surface area contributed by atoms with Crippen LogP contribution in [0.1, 0.15) is 10.5 Å². The largest absolute Gasteiger partial charge is 0.346 e. The van der Waals surface area contributed by atoms with Gasteiger partial charge < -0.3 is 5.32 Å². The molecule has 0 saturated heterocycles. The summed E-state index contributed by atoms with van der Waals surface area (Å²) in [5.74, 6) is -0.364. The fourth-order valence-corrected chi connectivity index (χ4v) is 0.969. The van der Waals surface area contributed by atoms with Gasteiger partial charge in [-0.3, -0.25) is 9.78 Å². The molecule has 1 aromatic heterocycles. The highest BCUT2D eigenvalue weighted by atomic mass is 35.6. The van der Waals surface area contributed by atoms with E-state index in [2.05, 4.69) is 10.3 Å². The molecule has 76 valence electrons. The van der Waals surface area contributed by atoms with Crippen LogP contribution in [0.15, 0.2) is 24.4 Å². The number of carbonyl (C=O) groups is 1. The first-order chi connectivity index (χ1) is 6.49. The number of nitrogens with one attached hydrogen (secondary N) is 1. The average Bonchev–Trinajstić information content (AvgIpc) is 2.14. The van der Waals surface area contributed by atoms with Crippen molar-refractivity contribution in [3.05, 3.63) is 30.1 Å². The average molecular weight is 254 g/mol. The molecule has 0 saturated carbocycles. The lowest BCUT2D eigenvalue weighted by Crippen LogP contribution is -2.32. The first-order valence-electron chi connectivity index (χ1n) is 3.75. The quantitative estimate of drug-likeness (QED) is 0.821. The number of nitrogens with zero attached hydrogens (tertiary/aromatic N) is 1. The number of alkyl halides is 3. The normalized spacial score (nSPS) is 11.1. The SMILES string of the molecule is O=C(NCC(Cl)(Cl)Cl)c1ccccn1. The van der Waals surface area contributed by atoms with E-state index in [1.807, 2.05) is 0 Å². The van der Waals surface area contributed by atoms with Gasteiger partial charge in [-0.05, 0) is 12.1 Å². The van der Waals surface area contributed by atoms with Crippen molar-refractivity contribution in [2.45, 2.75) is 3.79 Å². The molecule has 1 N–H and O–H groups in total. The van der Waals surface area contributed by atoms with Gasteiger partial charge in [-0.25, -0.2) is 0 Å². The van der Waals surface area contributed by atoms with Crippen LogP contribution >= 0.6 is 34.8 Å². The molecular weight excluding hydrogens is 246 g/mol. The molecule has 0 aromatic carbocycles. The van der Waals surface area contributed by atoms with Crippen LogP contribution in [0.2, 0.25) is 0 Å². The minimum Gasteiger partial charge on any atom is -0.346 e. The molecule has 6 heteroatoms. The second-order valence-electron chi connectivity index (χ2n) is 2.51. The lowest BCUT2D eigenvalue weighted by atomic mass is 10.3. The maximum absolute atomic E-state index is 11.3. The van der Waals surface area contributed by atoms with Crippen molar-refractivity contribution < 1.29 is 4.79 Å². The summed E-state index contributed by atoms with van der Waals surface area (Å²) in [6.07, 6.45) is 1.52. The lowest BCUT2D eigenvalue weighted by Gasteiger charge is -2.11. The van der Waals surface area contributed by atoms with Crippen LogP contribution in [0.5, 0.6) is 0 Å². The van der Waals surface area contributed by atoms with Crippen LogP contribution in [0.3, 0.4) is 0 Å². The molecule has 1 aromatic rings. The van der Waals surface area contributed by atoms with E-state index < -0.39 is 3.79 Å². The monoisotopic (exact) mass is 252 g/mol. The number of rotatable bonds is 2. The zero-order valence-corrected chi connectivity index (χ0v) is 9.27. The summed E-state index contributed by atoms with van der Waals surface area (Å²) in [4.78, 5) is 15.2. The Hall–Kier alpha value is -0.510. The molecule has 0 radical (unpaired) electrons. The molecule has 0 atom stereocenters. The van der Waals surface area contributed by atoms with Gasteiger partial charge >= 0.3 is 0 Å². The maximum Gasteiger partial charge on any atom is 0.270 e. The smallest absolute Gasteiger partial charge is 0.270 e. The molecule has 0 unspecified atom stereocenters. The van der Waals surface area contributed by atoms with Gasteiger partial charge in [0.25, 0.3) is 5.91 Å². The van der Waals surface area contributed by atoms with Crippen LogP contribution in [0.4, 0.5) is 0 Å². The predicted octanol–water partition coefficient (Wildman–Crippen LogP) is 2.18. The van der Waals surface area contributed by atoms with Gasteiger partial charge in [0, 0.05) is 6.20 Å². The van der Waals surface area contributed by atoms with Crippen LogP contribution in [-0.2, 0) is 0 Å². The topological polar surface area (TPSA) is 42.0 Å². The molecular formula is C8H7Cl3N2O. The van der Waals surface area contributed by atoms with Gasteiger partial charge in [-0.15, -0.1) is 0 Å². The van der Waals surface area contributed by atoms with Crippen molar-refractivity contribution >= 4 is 40.7 Å². The lowest BCUT2D eigenvalue weighted by molar-refractivity contribution is 0.0949. The molecule has 0 aliphatic carbocycles. The van der Waals surface area contributed by atoms with Crippen molar-refractivity contribution in [1.82, 2.24) is 10.3 Å². The van der Waals surface area contributed by atoms with Crippen molar-refractivity contribution in [2.24, 2.45) is 0 Å². The number of aromatic nitrogens is 1. The minimum absolute atomic E-state index is 0.0485. The molecule has 1 rings (SSSR count). The van der Waals surface area contributed by atoms with Crippen LogP contribution in [0, 0.1) is 0 Å². The number of carbonyl (C=O) groups excluding carboxylic acids is 1. The van der Waals surface area contributed by atoms with Crippen LogP contribution in [0.25, 0.3) is 0 Å². The number of hydrogen-bond donors (Lipinski definition) is 1. The molecule has 14 heavy (non-hydrogen) atoms. The second kappa shape index (κ2) is 4.82. The van der Waals surface area contributed by atoms with Crippen LogP contribution < -0.4 is 5.32 Å². The fourth-order valence-electron chi connectivity index (χ4n) is 0.768. The standard InChI is InChI=1S/C8H7Cl3N2O/c9-8(10,11)5-13-7(14)6-3-1-2-4-12-6/h1-4H,5H2,(H,13,14). The number of pyridine rings is 1. The van der Waals surface area contributed by atoms with E-state index in [1.54, 1.807) is 18.2 Å². The summed E-state index contributed by atoms with van der Waals surface area (Å²) in [7, 11) is 0. The Balaban J connectivity index is 2.52. The Labute approximate surface area is 96.4 Å². The molecule has 1 amide bonds. The third-order valence-electron chi connectivity index (χ3n) is 1.35. The highest BCUT2D eigenvalue weighted by Crippen LogP contribution is 2.24. The maximum atomic E-state index is 11.3. The third-order valence-corrected chi connectivity index (χ3v) is 1.75. The van der Waals surface area contributed by atoms with E-state index in [-0.39, 0.29) is 12.5 Å². The molecule has 3 nitrogen and oxygen atoms in total. The van der Waals surface area contributed by atoms with Crippen molar-refractivity contribution in [3.8, 4) is 0 Å². The summed E-state index contributed by atoms with van der Waals surface area (Å²) in [5.41, 5.74) is 0.293. The van der Waals surface area contributed by atoms with Gasteiger partial charge in [0.05, 0.1) is 6.54 Å². The molecule has 0 fully saturated rings. The predicted molar refractivity (Wildman–Crippen MR) is 56.9 cm³/mol. The third kappa shape index (κ3) is 4.13. The van der Waals surface area contributed by atoms with Crippen molar-refractivity contribution in [1.29, 1.82) is 0 Å². The second-order valence-corrected chi connectivity index (χ2v) is 5.03. The summed E-state index contributed by atoms with van der Waals surface area (Å²) >= 11 is 16.4. The van der Waals surface area contributed by atoms with E-state index in [0.29, 0.717) is 5.69 Å². The first kappa shape index (κ1) is 11.6. The molecule has 1 heterocycles. The number of halogens is 3. The Bertz CT molecular complexity index is 310. The molecule has 0 aliphatic rings. The highest BCUT2D eigenvalue weighted by Gasteiger charge is 2.20. The summed E-state index contributed by atoms with van der Waals surface area (Å²) in [6.45, 7) is -0.0485. The van der Waals surface area contributed by atoms with E-state index in [4.69, 9.17) is 34.8 Å². The molecule has 0 aliphatic heterocycles. The van der Waals surface area contributed by atoms with Gasteiger partial charge in [0.2, 0.25) is 3.79 Å². The van der Waals surface area contributed by atoms with E-state index in [1.165, 1.54) is 6.20 Å². The zero-order valence-electron chi connectivity index (χ0n) is 7.01.